The molecule has 1 N–H and O–H groups in total. The molecule has 5 nitrogen and oxygen atoms in total. The maximum absolute atomic E-state index is 11.1. The van der Waals surface area contributed by atoms with E-state index in [1.54, 1.807) is 29.7 Å². The van der Waals surface area contributed by atoms with E-state index in [2.05, 4.69) is 15.3 Å². The molecule has 2 heterocycles. The van der Waals surface area contributed by atoms with E-state index in [9.17, 15) is 4.79 Å². The average Bonchev–Trinajstić information content (AvgIpc) is 3.10. The van der Waals surface area contributed by atoms with E-state index in [1.165, 1.54) is 32.1 Å². The van der Waals surface area contributed by atoms with Crippen molar-refractivity contribution in [3.8, 4) is 11.5 Å². The largest absolute Gasteiger partial charge is 0.455 e. The maximum Gasteiger partial charge on any atom is 0.183 e. The Bertz CT molecular complexity index is 903. The van der Waals surface area contributed by atoms with Crippen LogP contribution in [0, 0.1) is 5.92 Å². The number of anilines is 1. The third-order valence-corrected chi connectivity index (χ3v) is 5.74. The summed E-state index contributed by atoms with van der Waals surface area (Å²) in [5.41, 5.74) is 1.25. The van der Waals surface area contributed by atoms with Gasteiger partial charge in [0.2, 0.25) is 0 Å². The number of fused-ring (bicyclic) bond motifs is 1. The van der Waals surface area contributed by atoms with Gasteiger partial charge in [0.1, 0.15) is 11.4 Å². The fraction of sp³-hybridized carbons (Fsp3) is 0.350. The molecule has 1 aliphatic carbocycles. The summed E-state index contributed by atoms with van der Waals surface area (Å²) in [6.45, 7) is 1.00. The van der Waals surface area contributed by atoms with Crippen molar-refractivity contribution in [1.82, 2.24) is 9.97 Å². The highest BCUT2D eigenvalue weighted by atomic mass is 32.1. The highest BCUT2D eigenvalue weighted by Gasteiger charge is 2.14. The Morgan fingerprint density at radius 1 is 1.23 bits per heavy atom. The van der Waals surface area contributed by atoms with Crippen LogP contribution >= 0.6 is 11.3 Å². The number of hydrogen-bond acceptors (Lipinski definition) is 6. The molecular formula is C20H21N3O2S. The predicted octanol–water partition coefficient (Wildman–Crippen LogP) is 5.29. The van der Waals surface area contributed by atoms with Gasteiger partial charge in [-0.3, -0.25) is 4.79 Å². The van der Waals surface area contributed by atoms with Crippen molar-refractivity contribution < 1.29 is 9.53 Å². The van der Waals surface area contributed by atoms with Gasteiger partial charge in [-0.15, -0.1) is 0 Å². The van der Waals surface area contributed by atoms with E-state index in [-0.39, 0.29) is 0 Å². The van der Waals surface area contributed by atoms with Crippen LogP contribution in [0.5, 0.6) is 11.5 Å². The quantitative estimate of drug-likeness (QED) is 0.600. The lowest BCUT2D eigenvalue weighted by atomic mass is 9.89. The number of carbonyl (C=O) groups is 1. The van der Waals surface area contributed by atoms with Crippen LogP contribution in [0.15, 0.2) is 36.5 Å². The van der Waals surface area contributed by atoms with Gasteiger partial charge >= 0.3 is 0 Å². The summed E-state index contributed by atoms with van der Waals surface area (Å²) in [5, 5.41) is 4.46. The zero-order chi connectivity index (χ0) is 17.8. The van der Waals surface area contributed by atoms with Crippen molar-refractivity contribution >= 4 is 33.0 Å². The van der Waals surface area contributed by atoms with E-state index in [0.717, 1.165) is 27.8 Å². The molecule has 0 saturated heterocycles. The fourth-order valence-corrected chi connectivity index (χ4v) is 4.27. The van der Waals surface area contributed by atoms with Gasteiger partial charge in [0, 0.05) is 18.8 Å². The number of benzene rings is 1. The minimum Gasteiger partial charge on any atom is -0.455 e. The summed E-state index contributed by atoms with van der Waals surface area (Å²) < 4.78 is 6.90. The van der Waals surface area contributed by atoms with E-state index in [4.69, 9.17) is 4.74 Å². The highest BCUT2D eigenvalue weighted by Crippen LogP contribution is 2.32. The molecule has 1 fully saturated rings. The van der Waals surface area contributed by atoms with Crippen molar-refractivity contribution in [3.63, 3.8) is 0 Å². The first-order valence-electron chi connectivity index (χ1n) is 9.04. The second-order valence-electron chi connectivity index (χ2n) is 6.64. The first kappa shape index (κ1) is 17.0. The topological polar surface area (TPSA) is 64.1 Å². The SMILES string of the molecule is O=Cc1ncccc1Oc1ccc2nc(NCC3CCCCC3)sc2c1. The van der Waals surface area contributed by atoms with Crippen LogP contribution in [-0.4, -0.2) is 22.8 Å². The lowest BCUT2D eigenvalue weighted by Gasteiger charge is -2.21. The van der Waals surface area contributed by atoms with E-state index in [0.29, 0.717) is 23.5 Å². The molecule has 6 heteroatoms. The number of rotatable bonds is 6. The molecule has 134 valence electrons. The Hall–Kier alpha value is -2.47. The number of aldehydes is 1. The maximum atomic E-state index is 11.1. The molecule has 2 aromatic heterocycles. The van der Waals surface area contributed by atoms with Crippen LogP contribution in [0.3, 0.4) is 0 Å². The van der Waals surface area contributed by atoms with Gasteiger partial charge in [-0.25, -0.2) is 9.97 Å². The van der Waals surface area contributed by atoms with Gasteiger partial charge in [0.15, 0.2) is 17.2 Å². The normalized spacial score (nSPS) is 15.1. The third kappa shape index (κ3) is 3.85. The minimum atomic E-state index is 0.298. The molecule has 0 aliphatic heterocycles. The first-order chi connectivity index (χ1) is 12.8. The lowest BCUT2D eigenvalue weighted by Crippen LogP contribution is -2.16. The van der Waals surface area contributed by atoms with Crippen LogP contribution in [0.4, 0.5) is 5.13 Å². The zero-order valence-electron chi connectivity index (χ0n) is 14.5. The minimum absolute atomic E-state index is 0.298. The molecule has 0 radical (unpaired) electrons. The highest BCUT2D eigenvalue weighted by molar-refractivity contribution is 7.22. The van der Waals surface area contributed by atoms with Crippen molar-refractivity contribution in [2.24, 2.45) is 5.92 Å². The van der Waals surface area contributed by atoms with Gasteiger partial charge < -0.3 is 10.1 Å². The van der Waals surface area contributed by atoms with Crippen molar-refractivity contribution in [2.75, 3.05) is 11.9 Å². The molecule has 0 unspecified atom stereocenters. The number of nitrogens with one attached hydrogen (secondary N) is 1. The molecule has 1 aliphatic rings. The first-order valence-corrected chi connectivity index (χ1v) is 9.86. The smallest absolute Gasteiger partial charge is 0.183 e. The van der Waals surface area contributed by atoms with Crippen LogP contribution in [0.25, 0.3) is 10.2 Å². The van der Waals surface area contributed by atoms with Gasteiger partial charge in [-0.2, -0.15) is 0 Å². The third-order valence-electron chi connectivity index (χ3n) is 4.77. The van der Waals surface area contributed by atoms with E-state index >= 15 is 0 Å². The van der Waals surface area contributed by atoms with Gasteiger partial charge in [-0.1, -0.05) is 30.6 Å². The summed E-state index contributed by atoms with van der Waals surface area (Å²) in [5.74, 6) is 1.90. The van der Waals surface area contributed by atoms with Crippen LogP contribution in [0.1, 0.15) is 42.6 Å². The molecular weight excluding hydrogens is 346 g/mol. The standard InChI is InChI=1S/C20H21N3O2S/c24-13-17-18(7-4-10-21-17)25-15-8-9-16-19(11-15)26-20(23-16)22-12-14-5-2-1-3-6-14/h4,7-11,13-14H,1-3,5-6,12H2,(H,22,23). The average molecular weight is 367 g/mol. The second-order valence-corrected chi connectivity index (χ2v) is 7.67. The molecule has 0 spiro atoms. The predicted molar refractivity (Wildman–Crippen MR) is 104 cm³/mol. The van der Waals surface area contributed by atoms with Crippen LogP contribution < -0.4 is 10.1 Å². The molecule has 4 rings (SSSR count). The summed E-state index contributed by atoms with van der Waals surface area (Å²) in [6, 6.07) is 9.27. The van der Waals surface area contributed by atoms with E-state index in [1.807, 2.05) is 18.2 Å². The molecule has 0 atom stereocenters. The van der Waals surface area contributed by atoms with Gasteiger partial charge in [-0.05, 0) is 43.0 Å². The number of pyridine rings is 1. The number of ether oxygens (including phenoxy) is 1. The molecule has 0 bridgehead atoms. The Kier molecular flexibility index (Phi) is 5.11. The summed E-state index contributed by atoms with van der Waals surface area (Å²) in [6.07, 6.45) is 9.00. The van der Waals surface area contributed by atoms with Gasteiger partial charge in [0.05, 0.1) is 10.2 Å². The number of carbonyl (C=O) groups excluding carboxylic acids is 1. The van der Waals surface area contributed by atoms with Crippen molar-refractivity contribution in [3.05, 3.63) is 42.2 Å². The second kappa shape index (κ2) is 7.83. The fourth-order valence-electron chi connectivity index (χ4n) is 3.37. The number of thiazole rings is 1. The Balaban J connectivity index is 1.47. The Morgan fingerprint density at radius 3 is 2.96 bits per heavy atom. The number of hydrogen-bond donors (Lipinski definition) is 1. The number of aromatic nitrogens is 2. The summed E-state index contributed by atoms with van der Waals surface area (Å²) in [4.78, 5) is 19.8. The summed E-state index contributed by atoms with van der Waals surface area (Å²) >= 11 is 1.63. The van der Waals surface area contributed by atoms with Crippen molar-refractivity contribution in [1.29, 1.82) is 0 Å². The molecule has 1 aromatic carbocycles. The van der Waals surface area contributed by atoms with Gasteiger partial charge in [0.25, 0.3) is 0 Å². The molecule has 26 heavy (non-hydrogen) atoms. The summed E-state index contributed by atoms with van der Waals surface area (Å²) in [7, 11) is 0. The van der Waals surface area contributed by atoms with Crippen LogP contribution in [-0.2, 0) is 0 Å². The van der Waals surface area contributed by atoms with Crippen molar-refractivity contribution in [2.45, 2.75) is 32.1 Å². The zero-order valence-corrected chi connectivity index (χ0v) is 15.3. The molecule has 3 aromatic rings. The Morgan fingerprint density at radius 2 is 2.12 bits per heavy atom. The van der Waals surface area contributed by atoms with E-state index < -0.39 is 0 Å². The molecule has 0 amide bonds. The Labute approximate surface area is 156 Å². The number of nitrogens with zero attached hydrogens (tertiary/aromatic N) is 2. The lowest BCUT2D eigenvalue weighted by molar-refractivity contribution is 0.111. The van der Waals surface area contributed by atoms with Crippen LogP contribution in [0.2, 0.25) is 0 Å². The molecule has 1 saturated carbocycles. The monoisotopic (exact) mass is 367 g/mol.